The molecule has 2 heterocycles. The quantitative estimate of drug-likeness (QED) is 0.711. The van der Waals surface area contributed by atoms with Crippen LogP contribution in [0.25, 0.3) is 5.69 Å². The van der Waals surface area contributed by atoms with E-state index in [9.17, 15) is 22.8 Å². The maximum absolute atomic E-state index is 12.8. The van der Waals surface area contributed by atoms with Crippen molar-refractivity contribution < 1.29 is 18.0 Å². The van der Waals surface area contributed by atoms with Crippen LogP contribution in [0, 0.1) is 6.92 Å². The van der Waals surface area contributed by atoms with Crippen LogP contribution in [0.5, 0.6) is 0 Å². The normalized spacial score (nSPS) is 11.6. The van der Waals surface area contributed by atoms with Crippen molar-refractivity contribution >= 4 is 5.91 Å². The molecule has 28 heavy (non-hydrogen) atoms. The fourth-order valence-corrected chi connectivity index (χ4v) is 2.71. The summed E-state index contributed by atoms with van der Waals surface area (Å²) in [5.74, 6) is -1.73. The molecule has 0 saturated carbocycles. The Labute approximate surface area is 157 Å². The molecule has 0 bridgehead atoms. The minimum atomic E-state index is -4.73. The summed E-state index contributed by atoms with van der Waals surface area (Å²) in [6, 6.07) is 9.23. The standard InChI is InChI=1S/C17H17F3N6O2/c1-11-13(10-22-26(11)12-6-4-3-5-7-12)14(27)21-8-9-25-16(28)24(2)15(23-25)17(18,19)20/h3-7,10H,8-9H2,1-2H3,(H,21,27). The van der Waals surface area contributed by atoms with Crippen molar-refractivity contribution in [3.05, 3.63) is 64.1 Å². The second-order valence-corrected chi connectivity index (χ2v) is 6.03. The zero-order valence-corrected chi connectivity index (χ0v) is 15.1. The Kier molecular flexibility index (Phi) is 5.08. The third kappa shape index (κ3) is 3.68. The molecular formula is C17H17F3N6O2. The Morgan fingerprint density at radius 1 is 1.21 bits per heavy atom. The van der Waals surface area contributed by atoms with Crippen LogP contribution in [0.3, 0.4) is 0 Å². The smallest absolute Gasteiger partial charge is 0.350 e. The minimum absolute atomic E-state index is 0.0665. The van der Waals surface area contributed by atoms with E-state index >= 15 is 0 Å². The molecule has 0 spiro atoms. The Hall–Kier alpha value is -3.37. The van der Waals surface area contributed by atoms with Crippen LogP contribution in [-0.2, 0) is 19.8 Å². The van der Waals surface area contributed by atoms with Crippen LogP contribution >= 0.6 is 0 Å². The van der Waals surface area contributed by atoms with Gasteiger partial charge in [0, 0.05) is 13.6 Å². The van der Waals surface area contributed by atoms with Crippen LogP contribution < -0.4 is 11.0 Å². The summed E-state index contributed by atoms with van der Waals surface area (Å²) in [5.41, 5.74) is 0.819. The second-order valence-electron chi connectivity index (χ2n) is 6.03. The molecule has 0 unspecified atom stereocenters. The number of alkyl halides is 3. The van der Waals surface area contributed by atoms with E-state index in [0.29, 0.717) is 20.5 Å². The zero-order valence-electron chi connectivity index (χ0n) is 15.1. The highest BCUT2D eigenvalue weighted by Crippen LogP contribution is 2.25. The number of aromatic nitrogens is 5. The number of carbonyl (C=O) groups is 1. The van der Waals surface area contributed by atoms with Gasteiger partial charge in [-0.2, -0.15) is 18.3 Å². The topological polar surface area (TPSA) is 86.7 Å². The number of para-hydroxylation sites is 1. The van der Waals surface area contributed by atoms with E-state index < -0.39 is 23.6 Å². The van der Waals surface area contributed by atoms with Gasteiger partial charge in [-0.1, -0.05) is 18.2 Å². The number of nitrogens with one attached hydrogen (secondary N) is 1. The maximum Gasteiger partial charge on any atom is 0.451 e. The van der Waals surface area contributed by atoms with E-state index in [1.165, 1.54) is 6.20 Å². The highest BCUT2D eigenvalue weighted by Gasteiger charge is 2.37. The molecule has 2 aromatic heterocycles. The van der Waals surface area contributed by atoms with Gasteiger partial charge in [-0.15, -0.1) is 5.10 Å². The molecule has 1 N–H and O–H groups in total. The van der Waals surface area contributed by atoms with Crippen LogP contribution in [0.15, 0.2) is 41.3 Å². The highest BCUT2D eigenvalue weighted by atomic mass is 19.4. The van der Waals surface area contributed by atoms with Gasteiger partial charge < -0.3 is 5.32 Å². The number of halogens is 3. The van der Waals surface area contributed by atoms with Gasteiger partial charge in [-0.25, -0.2) is 14.2 Å². The van der Waals surface area contributed by atoms with Gasteiger partial charge in [0.15, 0.2) is 0 Å². The predicted octanol–water partition coefficient (Wildman–Crippen LogP) is 1.52. The number of rotatable bonds is 5. The monoisotopic (exact) mass is 394 g/mol. The van der Waals surface area contributed by atoms with E-state index in [2.05, 4.69) is 15.5 Å². The van der Waals surface area contributed by atoms with Crippen LogP contribution in [0.2, 0.25) is 0 Å². The van der Waals surface area contributed by atoms with Gasteiger partial charge in [0.1, 0.15) is 0 Å². The van der Waals surface area contributed by atoms with Gasteiger partial charge in [-0.3, -0.25) is 9.36 Å². The fraction of sp³-hybridized carbons (Fsp3) is 0.294. The lowest BCUT2D eigenvalue weighted by Gasteiger charge is -2.06. The average Bonchev–Trinajstić information content (AvgIpc) is 3.17. The van der Waals surface area contributed by atoms with Gasteiger partial charge >= 0.3 is 11.9 Å². The van der Waals surface area contributed by atoms with Crippen LogP contribution in [-0.4, -0.2) is 36.6 Å². The molecule has 0 aliphatic heterocycles. The van der Waals surface area contributed by atoms with Gasteiger partial charge in [0.05, 0.1) is 29.7 Å². The Morgan fingerprint density at radius 2 is 1.89 bits per heavy atom. The maximum atomic E-state index is 12.8. The Morgan fingerprint density at radius 3 is 2.50 bits per heavy atom. The number of hydrogen-bond acceptors (Lipinski definition) is 4. The first kappa shape index (κ1) is 19.4. The summed E-state index contributed by atoms with van der Waals surface area (Å²) < 4.78 is 41.1. The molecule has 0 aliphatic carbocycles. The Balaban J connectivity index is 1.68. The summed E-state index contributed by atoms with van der Waals surface area (Å²) in [6.45, 7) is 1.47. The molecule has 1 aromatic carbocycles. The van der Waals surface area contributed by atoms with E-state index in [0.717, 1.165) is 12.7 Å². The van der Waals surface area contributed by atoms with Crippen molar-refractivity contribution in [1.29, 1.82) is 0 Å². The largest absolute Gasteiger partial charge is 0.451 e. The lowest BCUT2D eigenvalue weighted by Crippen LogP contribution is -2.32. The first-order valence-corrected chi connectivity index (χ1v) is 8.29. The SMILES string of the molecule is Cc1c(C(=O)NCCn2nc(C(F)(F)F)n(C)c2=O)cnn1-c1ccccc1. The molecule has 0 atom stereocenters. The van der Waals surface area contributed by atoms with E-state index in [4.69, 9.17) is 0 Å². The second kappa shape index (κ2) is 7.33. The molecule has 148 valence electrons. The molecule has 1 amide bonds. The number of nitrogens with zero attached hydrogens (tertiary/aromatic N) is 5. The van der Waals surface area contributed by atoms with Gasteiger partial charge in [0.25, 0.3) is 5.91 Å². The predicted molar refractivity (Wildman–Crippen MR) is 93.1 cm³/mol. The van der Waals surface area contributed by atoms with Crippen molar-refractivity contribution in [2.75, 3.05) is 6.54 Å². The lowest BCUT2D eigenvalue weighted by atomic mass is 10.2. The highest BCUT2D eigenvalue weighted by molar-refractivity contribution is 5.95. The van der Waals surface area contributed by atoms with Gasteiger partial charge in [0.2, 0.25) is 5.82 Å². The molecule has 0 aliphatic rings. The van der Waals surface area contributed by atoms with E-state index in [-0.39, 0.29) is 13.1 Å². The molecule has 0 fully saturated rings. The molecular weight excluding hydrogens is 377 g/mol. The van der Waals surface area contributed by atoms with Crippen molar-refractivity contribution in [3.63, 3.8) is 0 Å². The third-order valence-electron chi connectivity index (χ3n) is 4.16. The molecule has 3 rings (SSSR count). The van der Waals surface area contributed by atoms with E-state index in [1.807, 2.05) is 30.3 Å². The van der Waals surface area contributed by atoms with Crippen LogP contribution in [0.4, 0.5) is 13.2 Å². The number of carbonyl (C=O) groups excluding carboxylic acids is 1. The number of benzene rings is 1. The molecule has 0 saturated heterocycles. The summed E-state index contributed by atoms with van der Waals surface area (Å²) in [6.07, 6.45) is -3.32. The molecule has 11 heteroatoms. The van der Waals surface area contributed by atoms with Gasteiger partial charge in [-0.05, 0) is 19.1 Å². The summed E-state index contributed by atoms with van der Waals surface area (Å²) in [5, 5.41) is 10.0. The summed E-state index contributed by atoms with van der Waals surface area (Å²) in [4.78, 5) is 24.2. The third-order valence-corrected chi connectivity index (χ3v) is 4.16. The van der Waals surface area contributed by atoms with Crippen molar-refractivity contribution in [2.45, 2.75) is 19.6 Å². The summed E-state index contributed by atoms with van der Waals surface area (Å²) in [7, 11) is 0.995. The molecule has 3 aromatic rings. The van der Waals surface area contributed by atoms with E-state index in [1.54, 1.807) is 11.6 Å². The van der Waals surface area contributed by atoms with Crippen molar-refractivity contribution in [3.8, 4) is 5.69 Å². The average molecular weight is 394 g/mol. The molecule has 0 radical (unpaired) electrons. The Bertz CT molecular complexity index is 1050. The van der Waals surface area contributed by atoms with Crippen molar-refractivity contribution in [1.82, 2.24) is 29.4 Å². The van der Waals surface area contributed by atoms with Crippen molar-refractivity contribution in [2.24, 2.45) is 7.05 Å². The minimum Gasteiger partial charge on any atom is -0.350 e. The fourth-order valence-electron chi connectivity index (χ4n) is 2.71. The lowest BCUT2D eigenvalue weighted by molar-refractivity contribution is -0.147. The summed E-state index contributed by atoms with van der Waals surface area (Å²) >= 11 is 0. The zero-order chi connectivity index (χ0) is 20.5. The van der Waals surface area contributed by atoms with Crippen LogP contribution in [0.1, 0.15) is 21.9 Å². The first-order chi connectivity index (χ1) is 13.2. The number of amides is 1. The molecule has 8 nitrogen and oxygen atoms in total. The first-order valence-electron chi connectivity index (χ1n) is 8.29. The number of hydrogen-bond donors (Lipinski definition) is 1.